The van der Waals surface area contributed by atoms with Gasteiger partial charge in [0.1, 0.15) is 10.9 Å². The molecule has 1 saturated heterocycles. The number of halogens is 1. The van der Waals surface area contributed by atoms with Crippen molar-refractivity contribution in [1.82, 2.24) is 10.2 Å². The molecule has 0 bridgehead atoms. The molecule has 0 aromatic heterocycles. The highest BCUT2D eigenvalue weighted by atomic mass is 35.5. The third-order valence-corrected chi connectivity index (χ3v) is 7.18. The number of nitrogens with one attached hydrogen (secondary N) is 2. The molecule has 1 unspecified atom stereocenters. The Balaban J connectivity index is 1.63. The van der Waals surface area contributed by atoms with Crippen LogP contribution in [-0.2, 0) is 26.2 Å². The van der Waals surface area contributed by atoms with Gasteiger partial charge < -0.3 is 5.11 Å². The Kier molecular flexibility index (Phi) is 5.49. The van der Waals surface area contributed by atoms with Crippen LogP contribution in [0.15, 0.2) is 41.3 Å². The molecule has 4 rings (SSSR count). The molecule has 0 radical (unpaired) electrons. The zero-order valence-electron chi connectivity index (χ0n) is 16.3. The third kappa shape index (κ3) is 3.64. The van der Waals surface area contributed by atoms with Crippen molar-refractivity contribution in [3.8, 4) is 0 Å². The summed E-state index contributed by atoms with van der Waals surface area (Å²) in [6.45, 7) is -0.451. The fourth-order valence-corrected chi connectivity index (χ4v) is 5.29. The van der Waals surface area contributed by atoms with Gasteiger partial charge in [0.05, 0.1) is 22.8 Å². The minimum atomic E-state index is -4.18. The highest BCUT2D eigenvalue weighted by Crippen LogP contribution is 2.31. The van der Waals surface area contributed by atoms with Gasteiger partial charge in [0, 0.05) is 12.1 Å². The molecule has 3 N–H and O–H groups in total. The SMILES string of the molecule is O=C1CCC(N2C(=O)c3ccc(NS(=O)(=O)c4cccc(CO)c4Cl)cc3C2=O)C(=O)N1. The van der Waals surface area contributed by atoms with Gasteiger partial charge in [-0.05, 0) is 36.2 Å². The van der Waals surface area contributed by atoms with Crippen LogP contribution in [0.2, 0.25) is 5.02 Å². The normalized spacial score (nSPS) is 18.6. The Labute approximate surface area is 187 Å². The van der Waals surface area contributed by atoms with Crippen LogP contribution in [-0.4, -0.2) is 48.1 Å². The van der Waals surface area contributed by atoms with Gasteiger partial charge in [-0.3, -0.25) is 34.1 Å². The fourth-order valence-electron chi connectivity index (χ4n) is 3.63. The lowest BCUT2D eigenvalue weighted by molar-refractivity contribution is -0.136. The van der Waals surface area contributed by atoms with Crippen LogP contribution in [0.25, 0.3) is 0 Å². The van der Waals surface area contributed by atoms with Crippen molar-refractivity contribution in [1.29, 1.82) is 0 Å². The number of imide groups is 2. The van der Waals surface area contributed by atoms with E-state index in [4.69, 9.17) is 11.6 Å². The third-order valence-electron chi connectivity index (χ3n) is 5.20. The molecular formula is C20H16ClN3O7S. The number of hydrogen-bond acceptors (Lipinski definition) is 7. The monoisotopic (exact) mass is 477 g/mol. The summed E-state index contributed by atoms with van der Waals surface area (Å²) >= 11 is 6.08. The predicted molar refractivity (Wildman–Crippen MR) is 111 cm³/mol. The minimum absolute atomic E-state index is 0.000455. The molecule has 2 aliphatic rings. The standard InChI is InChI=1S/C20H16ClN3O7S/c21-17-10(9-25)2-1-3-15(17)32(30,31)23-11-4-5-12-13(8-11)20(29)24(19(12)28)14-6-7-16(26)22-18(14)27/h1-5,8,14,23,25H,6-7,9H2,(H,22,26,27). The first-order valence-electron chi connectivity index (χ1n) is 9.40. The van der Waals surface area contributed by atoms with E-state index in [1.165, 1.54) is 36.4 Å². The van der Waals surface area contributed by atoms with E-state index in [9.17, 15) is 32.7 Å². The molecule has 12 heteroatoms. The van der Waals surface area contributed by atoms with Gasteiger partial charge in [0.2, 0.25) is 11.8 Å². The number of carbonyl (C=O) groups excluding carboxylic acids is 4. The second-order valence-electron chi connectivity index (χ2n) is 7.20. The molecule has 1 atom stereocenters. The number of amides is 4. The van der Waals surface area contributed by atoms with Gasteiger partial charge in [-0.1, -0.05) is 23.7 Å². The molecule has 0 aliphatic carbocycles. The Bertz CT molecular complexity index is 1290. The van der Waals surface area contributed by atoms with E-state index in [-0.39, 0.29) is 45.1 Å². The predicted octanol–water partition coefficient (Wildman–Crippen LogP) is 1.03. The number of fused-ring (bicyclic) bond motifs is 1. The van der Waals surface area contributed by atoms with E-state index in [0.29, 0.717) is 0 Å². The maximum atomic E-state index is 12.9. The number of nitrogens with zero attached hydrogens (tertiary/aromatic N) is 1. The number of carbonyl (C=O) groups is 4. The van der Waals surface area contributed by atoms with Crippen molar-refractivity contribution in [2.24, 2.45) is 0 Å². The number of sulfonamides is 1. The van der Waals surface area contributed by atoms with Gasteiger partial charge >= 0.3 is 0 Å². The number of aliphatic hydroxyl groups excluding tert-OH is 1. The molecule has 4 amide bonds. The first-order chi connectivity index (χ1) is 15.1. The molecule has 2 heterocycles. The molecule has 32 heavy (non-hydrogen) atoms. The first-order valence-corrected chi connectivity index (χ1v) is 11.3. The second-order valence-corrected chi connectivity index (χ2v) is 9.23. The number of hydrogen-bond donors (Lipinski definition) is 3. The number of rotatable bonds is 5. The molecule has 2 aromatic rings. The lowest BCUT2D eigenvalue weighted by Crippen LogP contribution is -2.54. The van der Waals surface area contributed by atoms with E-state index in [2.05, 4.69) is 10.0 Å². The summed E-state index contributed by atoms with van der Waals surface area (Å²) in [6.07, 6.45) is -0.00214. The van der Waals surface area contributed by atoms with Crippen molar-refractivity contribution in [3.63, 3.8) is 0 Å². The first kappa shape index (κ1) is 21.9. The van der Waals surface area contributed by atoms with Crippen molar-refractivity contribution >= 4 is 50.9 Å². The maximum absolute atomic E-state index is 12.9. The molecule has 166 valence electrons. The molecule has 2 aromatic carbocycles. The summed E-state index contributed by atoms with van der Waals surface area (Å²) in [4.78, 5) is 49.6. The van der Waals surface area contributed by atoms with Gasteiger partial charge in [0.15, 0.2) is 0 Å². The lowest BCUT2D eigenvalue weighted by atomic mass is 10.0. The summed E-state index contributed by atoms with van der Waals surface area (Å²) in [5.41, 5.74) is 0.169. The molecule has 10 nitrogen and oxygen atoms in total. The summed E-state index contributed by atoms with van der Waals surface area (Å²) < 4.78 is 27.9. The smallest absolute Gasteiger partial charge is 0.263 e. The number of piperidine rings is 1. The van der Waals surface area contributed by atoms with E-state index >= 15 is 0 Å². The number of aliphatic hydroxyl groups is 1. The molecule has 1 fully saturated rings. The molecule has 0 saturated carbocycles. The van der Waals surface area contributed by atoms with Crippen LogP contribution in [0.1, 0.15) is 39.1 Å². The average molecular weight is 478 g/mol. The largest absolute Gasteiger partial charge is 0.392 e. The van der Waals surface area contributed by atoms with Crippen LogP contribution in [0.4, 0.5) is 5.69 Å². The van der Waals surface area contributed by atoms with Crippen LogP contribution < -0.4 is 10.0 Å². The average Bonchev–Trinajstić information content (AvgIpc) is 2.98. The summed E-state index contributed by atoms with van der Waals surface area (Å²) in [6, 6.07) is 6.82. The summed E-state index contributed by atoms with van der Waals surface area (Å²) in [7, 11) is -4.18. The minimum Gasteiger partial charge on any atom is -0.392 e. The maximum Gasteiger partial charge on any atom is 0.263 e. The topological polar surface area (TPSA) is 150 Å². The quantitative estimate of drug-likeness (QED) is 0.544. The Morgan fingerprint density at radius 3 is 2.50 bits per heavy atom. The molecular weight excluding hydrogens is 462 g/mol. The molecule has 0 spiro atoms. The lowest BCUT2D eigenvalue weighted by Gasteiger charge is -2.27. The highest BCUT2D eigenvalue weighted by Gasteiger charge is 2.44. The van der Waals surface area contributed by atoms with Crippen LogP contribution >= 0.6 is 11.6 Å². The van der Waals surface area contributed by atoms with Gasteiger partial charge in [0.25, 0.3) is 21.8 Å². The van der Waals surface area contributed by atoms with Crippen molar-refractivity contribution in [3.05, 3.63) is 58.1 Å². The van der Waals surface area contributed by atoms with Gasteiger partial charge in [-0.15, -0.1) is 0 Å². The highest BCUT2D eigenvalue weighted by molar-refractivity contribution is 7.92. The van der Waals surface area contributed by atoms with E-state index in [1.807, 2.05) is 0 Å². The fraction of sp³-hybridized carbons (Fsp3) is 0.200. The van der Waals surface area contributed by atoms with E-state index < -0.39 is 46.3 Å². The Morgan fingerprint density at radius 2 is 1.81 bits per heavy atom. The van der Waals surface area contributed by atoms with Crippen LogP contribution in [0, 0.1) is 0 Å². The number of benzene rings is 2. The van der Waals surface area contributed by atoms with Crippen LogP contribution in [0.3, 0.4) is 0 Å². The number of anilines is 1. The Hall–Kier alpha value is -3.28. The van der Waals surface area contributed by atoms with Crippen LogP contribution in [0.5, 0.6) is 0 Å². The Morgan fingerprint density at radius 1 is 1.09 bits per heavy atom. The molecule has 2 aliphatic heterocycles. The van der Waals surface area contributed by atoms with Gasteiger partial charge in [-0.2, -0.15) is 0 Å². The van der Waals surface area contributed by atoms with Crippen molar-refractivity contribution in [2.45, 2.75) is 30.4 Å². The second kappa shape index (κ2) is 8.01. The summed E-state index contributed by atoms with van der Waals surface area (Å²) in [5, 5.41) is 11.3. The van der Waals surface area contributed by atoms with Crippen molar-refractivity contribution in [2.75, 3.05) is 4.72 Å². The van der Waals surface area contributed by atoms with Crippen molar-refractivity contribution < 1.29 is 32.7 Å². The van der Waals surface area contributed by atoms with E-state index in [0.717, 1.165) is 4.90 Å². The summed E-state index contributed by atoms with van der Waals surface area (Å²) in [5.74, 6) is -2.69. The zero-order chi connectivity index (χ0) is 23.2. The van der Waals surface area contributed by atoms with Gasteiger partial charge in [-0.25, -0.2) is 8.42 Å². The van der Waals surface area contributed by atoms with E-state index in [1.54, 1.807) is 0 Å². The zero-order valence-corrected chi connectivity index (χ0v) is 17.9.